The lowest BCUT2D eigenvalue weighted by molar-refractivity contribution is 0.0747. The fraction of sp³-hybridized carbons (Fsp3) is 0.867. The van der Waals surface area contributed by atoms with Gasteiger partial charge in [0.15, 0.2) is 0 Å². The van der Waals surface area contributed by atoms with E-state index in [2.05, 4.69) is 54.9 Å². The van der Waals surface area contributed by atoms with Gasteiger partial charge < -0.3 is 5.32 Å². The van der Waals surface area contributed by atoms with E-state index in [0.717, 1.165) is 32.0 Å². The van der Waals surface area contributed by atoms with Crippen molar-refractivity contribution in [1.29, 1.82) is 0 Å². The van der Waals surface area contributed by atoms with Crippen LogP contribution in [0.15, 0.2) is 6.33 Å². The van der Waals surface area contributed by atoms with Gasteiger partial charge in [0.25, 0.3) is 0 Å². The van der Waals surface area contributed by atoms with E-state index < -0.39 is 0 Å². The van der Waals surface area contributed by atoms with Crippen molar-refractivity contribution in [2.45, 2.75) is 59.8 Å². The Balaban J connectivity index is 2.11. The number of aromatic nitrogens is 3. The third kappa shape index (κ3) is 3.38. The van der Waals surface area contributed by atoms with Crippen LogP contribution in [-0.2, 0) is 13.1 Å². The Morgan fingerprint density at radius 2 is 2.05 bits per heavy atom. The highest BCUT2D eigenvalue weighted by Crippen LogP contribution is 2.20. The van der Waals surface area contributed by atoms with E-state index in [1.807, 2.05) is 4.68 Å². The van der Waals surface area contributed by atoms with Crippen LogP contribution in [0.5, 0.6) is 0 Å². The predicted molar refractivity (Wildman–Crippen MR) is 81.4 cm³/mol. The molecule has 1 N–H and O–H groups in total. The van der Waals surface area contributed by atoms with Gasteiger partial charge in [0.1, 0.15) is 12.2 Å². The first-order valence-corrected chi connectivity index (χ1v) is 7.87. The highest BCUT2D eigenvalue weighted by molar-refractivity contribution is 4.93. The van der Waals surface area contributed by atoms with Crippen molar-refractivity contribution in [2.75, 3.05) is 13.1 Å². The summed E-state index contributed by atoms with van der Waals surface area (Å²) in [5.74, 6) is 2.39. The SMILES string of the molecule is CCn1ncnc1CN1CC(C(C)C)NCC1C(C)C. The van der Waals surface area contributed by atoms with Crippen LogP contribution in [0.4, 0.5) is 0 Å². The normalized spacial score (nSPS) is 24.8. The van der Waals surface area contributed by atoms with Gasteiger partial charge in [-0.2, -0.15) is 5.10 Å². The van der Waals surface area contributed by atoms with Gasteiger partial charge in [-0.1, -0.05) is 27.7 Å². The molecule has 1 fully saturated rings. The minimum atomic E-state index is 0.572. The maximum Gasteiger partial charge on any atom is 0.141 e. The zero-order valence-corrected chi connectivity index (χ0v) is 13.5. The molecule has 1 aromatic heterocycles. The van der Waals surface area contributed by atoms with Crippen molar-refractivity contribution in [1.82, 2.24) is 25.0 Å². The molecule has 2 unspecified atom stereocenters. The summed E-state index contributed by atoms with van der Waals surface area (Å²) in [5.41, 5.74) is 0. The molecule has 1 saturated heterocycles. The van der Waals surface area contributed by atoms with Crippen LogP contribution in [0.25, 0.3) is 0 Å². The van der Waals surface area contributed by atoms with Crippen LogP contribution in [0, 0.1) is 11.8 Å². The van der Waals surface area contributed by atoms with Crippen molar-refractivity contribution in [3.8, 4) is 0 Å². The van der Waals surface area contributed by atoms with Crippen LogP contribution >= 0.6 is 0 Å². The summed E-state index contributed by atoms with van der Waals surface area (Å²) in [6.45, 7) is 15.3. The third-order valence-electron chi connectivity index (χ3n) is 4.40. The standard InChI is InChI=1S/C15H29N5/c1-6-20-15(17-10-18-20)9-19-8-13(11(2)3)16-7-14(19)12(4)5/h10-14,16H,6-9H2,1-5H3. The van der Waals surface area contributed by atoms with Crippen LogP contribution in [0.3, 0.4) is 0 Å². The van der Waals surface area contributed by atoms with E-state index in [1.165, 1.54) is 0 Å². The maximum atomic E-state index is 4.43. The number of hydrogen-bond donors (Lipinski definition) is 1. The second kappa shape index (κ2) is 6.68. The molecular weight excluding hydrogens is 250 g/mol. The number of hydrogen-bond acceptors (Lipinski definition) is 4. The van der Waals surface area contributed by atoms with Crippen molar-refractivity contribution in [3.63, 3.8) is 0 Å². The highest BCUT2D eigenvalue weighted by atomic mass is 15.4. The quantitative estimate of drug-likeness (QED) is 0.892. The number of nitrogens with one attached hydrogen (secondary N) is 1. The lowest BCUT2D eigenvalue weighted by atomic mass is 9.94. The molecule has 0 radical (unpaired) electrons. The van der Waals surface area contributed by atoms with Gasteiger partial charge in [0, 0.05) is 31.7 Å². The van der Waals surface area contributed by atoms with Crippen LogP contribution in [0.1, 0.15) is 40.4 Å². The minimum Gasteiger partial charge on any atom is -0.311 e. The zero-order chi connectivity index (χ0) is 14.7. The van der Waals surface area contributed by atoms with Gasteiger partial charge in [0.2, 0.25) is 0 Å². The van der Waals surface area contributed by atoms with Gasteiger partial charge in [-0.15, -0.1) is 0 Å². The first kappa shape index (κ1) is 15.4. The molecule has 0 aromatic carbocycles. The molecule has 0 aliphatic carbocycles. The largest absolute Gasteiger partial charge is 0.311 e. The molecule has 0 saturated carbocycles. The van der Waals surface area contributed by atoms with Crippen molar-refractivity contribution in [3.05, 3.63) is 12.2 Å². The van der Waals surface area contributed by atoms with Gasteiger partial charge in [-0.05, 0) is 18.8 Å². The molecule has 2 atom stereocenters. The summed E-state index contributed by atoms with van der Waals surface area (Å²) >= 11 is 0. The Kier molecular flexibility index (Phi) is 5.16. The highest BCUT2D eigenvalue weighted by Gasteiger charge is 2.31. The fourth-order valence-electron chi connectivity index (χ4n) is 3.00. The van der Waals surface area contributed by atoms with Gasteiger partial charge in [-0.3, -0.25) is 4.90 Å². The van der Waals surface area contributed by atoms with E-state index >= 15 is 0 Å². The maximum absolute atomic E-state index is 4.43. The van der Waals surface area contributed by atoms with Crippen LogP contribution in [-0.4, -0.2) is 44.8 Å². The zero-order valence-electron chi connectivity index (χ0n) is 13.5. The summed E-state index contributed by atoms with van der Waals surface area (Å²) in [4.78, 5) is 7.02. The molecular formula is C15H29N5. The van der Waals surface area contributed by atoms with E-state index in [9.17, 15) is 0 Å². The molecule has 1 aliphatic heterocycles. The molecule has 20 heavy (non-hydrogen) atoms. The smallest absolute Gasteiger partial charge is 0.141 e. The van der Waals surface area contributed by atoms with E-state index in [4.69, 9.17) is 0 Å². The van der Waals surface area contributed by atoms with Crippen molar-refractivity contribution in [2.24, 2.45) is 11.8 Å². The number of nitrogens with zero attached hydrogens (tertiary/aromatic N) is 4. The first-order valence-electron chi connectivity index (χ1n) is 7.87. The Morgan fingerprint density at radius 3 is 2.65 bits per heavy atom. The summed E-state index contributed by atoms with van der Waals surface area (Å²) < 4.78 is 2.00. The monoisotopic (exact) mass is 279 g/mol. The van der Waals surface area contributed by atoms with Crippen molar-refractivity contribution >= 4 is 0 Å². The topological polar surface area (TPSA) is 46.0 Å². The average Bonchev–Trinajstić information content (AvgIpc) is 2.85. The number of aryl methyl sites for hydroxylation is 1. The number of rotatable bonds is 5. The summed E-state index contributed by atoms with van der Waals surface area (Å²) in [6.07, 6.45) is 1.67. The summed E-state index contributed by atoms with van der Waals surface area (Å²) in [6, 6.07) is 1.15. The molecule has 0 amide bonds. The van der Waals surface area contributed by atoms with Gasteiger partial charge in [0.05, 0.1) is 6.54 Å². The first-order chi connectivity index (χ1) is 9.52. The number of piperazine rings is 1. The van der Waals surface area contributed by atoms with Crippen LogP contribution in [0.2, 0.25) is 0 Å². The average molecular weight is 279 g/mol. The molecule has 2 rings (SSSR count). The Morgan fingerprint density at radius 1 is 1.30 bits per heavy atom. The molecule has 1 aliphatic rings. The molecule has 0 bridgehead atoms. The Hall–Kier alpha value is -0.940. The fourth-order valence-corrected chi connectivity index (χ4v) is 3.00. The lowest BCUT2D eigenvalue weighted by Gasteiger charge is -2.43. The Labute approximate surface area is 122 Å². The molecule has 2 heterocycles. The van der Waals surface area contributed by atoms with Gasteiger partial charge >= 0.3 is 0 Å². The van der Waals surface area contributed by atoms with Crippen molar-refractivity contribution < 1.29 is 0 Å². The Bertz CT molecular complexity index is 412. The van der Waals surface area contributed by atoms with Crippen LogP contribution < -0.4 is 5.32 Å². The van der Waals surface area contributed by atoms with Gasteiger partial charge in [-0.25, -0.2) is 9.67 Å². The lowest BCUT2D eigenvalue weighted by Crippen LogP contribution is -2.59. The third-order valence-corrected chi connectivity index (χ3v) is 4.40. The molecule has 1 aromatic rings. The minimum absolute atomic E-state index is 0.572. The second-order valence-electron chi connectivity index (χ2n) is 6.49. The summed E-state index contributed by atoms with van der Waals surface area (Å²) in [5, 5.41) is 7.99. The molecule has 5 nitrogen and oxygen atoms in total. The molecule has 0 spiro atoms. The molecule has 5 heteroatoms. The van der Waals surface area contributed by atoms with E-state index in [1.54, 1.807) is 6.33 Å². The second-order valence-corrected chi connectivity index (χ2v) is 6.49. The molecule has 114 valence electrons. The van der Waals surface area contributed by atoms with E-state index in [0.29, 0.717) is 23.9 Å². The predicted octanol–water partition coefficient (Wildman–Crippen LogP) is 1.75. The summed E-state index contributed by atoms with van der Waals surface area (Å²) in [7, 11) is 0. The van der Waals surface area contributed by atoms with E-state index in [-0.39, 0.29) is 0 Å².